The molecule has 0 aromatic heterocycles. The van der Waals surface area contributed by atoms with Gasteiger partial charge in [0.1, 0.15) is 6.04 Å². The lowest BCUT2D eigenvalue weighted by atomic mass is 9.87. The lowest BCUT2D eigenvalue weighted by Gasteiger charge is -2.32. The molecule has 0 saturated carbocycles. The summed E-state index contributed by atoms with van der Waals surface area (Å²) in [5.74, 6) is 2.71. The first-order valence-electron chi connectivity index (χ1n) is 8.81. The molecule has 7 heteroatoms. The van der Waals surface area contributed by atoms with Crippen LogP contribution in [-0.2, 0) is 11.2 Å². The van der Waals surface area contributed by atoms with E-state index < -0.39 is 6.10 Å². The van der Waals surface area contributed by atoms with Gasteiger partial charge in [0.2, 0.25) is 6.79 Å². The van der Waals surface area contributed by atoms with Crippen LogP contribution in [0.2, 0.25) is 0 Å². The van der Waals surface area contributed by atoms with Gasteiger partial charge in [0.15, 0.2) is 29.1 Å². The number of nitrogens with zero attached hydrogens (tertiary/aromatic N) is 1. The van der Waals surface area contributed by atoms with Crippen LogP contribution in [0.1, 0.15) is 28.8 Å². The predicted octanol–water partition coefficient (Wildman–Crippen LogP) is 3.22. The Morgan fingerprint density at radius 3 is 2.63 bits per heavy atom. The zero-order valence-electron chi connectivity index (χ0n) is 15.1. The van der Waals surface area contributed by atoms with Gasteiger partial charge in [0.05, 0.1) is 14.2 Å². The van der Waals surface area contributed by atoms with Gasteiger partial charge in [-0.1, -0.05) is 6.07 Å². The Balaban J connectivity index is 1.60. The summed E-state index contributed by atoms with van der Waals surface area (Å²) in [6.45, 7) is 0.811. The largest absolute Gasteiger partial charge is 0.493 e. The monoisotopic (exact) mass is 369 g/mol. The van der Waals surface area contributed by atoms with Crippen molar-refractivity contribution in [3.63, 3.8) is 0 Å². The minimum Gasteiger partial charge on any atom is -0.493 e. The summed E-state index contributed by atoms with van der Waals surface area (Å²) in [5, 5.41) is 0. The number of rotatable bonds is 3. The third-order valence-electron chi connectivity index (χ3n) is 5.40. The molecule has 2 atom stereocenters. The van der Waals surface area contributed by atoms with E-state index in [4.69, 9.17) is 23.7 Å². The molecule has 27 heavy (non-hydrogen) atoms. The Morgan fingerprint density at radius 1 is 1.04 bits per heavy atom. The Hall–Kier alpha value is -3.09. The van der Waals surface area contributed by atoms with Crippen LogP contribution in [0.4, 0.5) is 4.79 Å². The molecule has 2 aromatic carbocycles. The zero-order valence-corrected chi connectivity index (χ0v) is 15.1. The van der Waals surface area contributed by atoms with Crippen LogP contribution in [0, 0.1) is 0 Å². The van der Waals surface area contributed by atoms with Gasteiger partial charge >= 0.3 is 6.09 Å². The zero-order chi connectivity index (χ0) is 18.5. The van der Waals surface area contributed by atoms with Crippen LogP contribution in [0.15, 0.2) is 30.3 Å². The Kier molecular flexibility index (Phi) is 3.56. The molecule has 0 N–H and O–H groups in total. The van der Waals surface area contributed by atoms with Crippen molar-refractivity contribution in [2.75, 3.05) is 27.6 Å². The van der Waals surface area contributed by atoms with Gasteiger partial charge < -0.3 is 23.7 Å². The third-order valence-corrected chi connectivity index (χ3v) is 5.40. The lowest BCUT2D eigenvalue weighted by Crippen LogP contribution is -2.34. The molecular formula is C20H19NO6. The van der Waals surface area contributed by atoms with Gasteiger partial charge in [-0.15, -0.1) is 0 Å². The molecule has 1 amide bonds. The highest BCUT2D eigenvalue weighted by Crippen LogP contribution is 2.49. The molecule has 2 aromatic rings. The Labute approximate surface area is 156 Å². The lowest BCUT2D eigenvalue weighted by molar-refractivity contribution is 0.130. The average molecular weight is 369 g/mol. The smallest absolute Gasteiger partial charge is 0.411 e. The topological polar surface area (TPSA) is 66.5 Å². The van der Waals surface area contributed by atoms with Crippen molar-refractivity contribution < 1.29 is 28.5 Å². The van der Waals surface area contributed by atoms with E-state index in [2.05, 4.69) is 0 Å². The quantitative estimate of drug-likeness (QED) is 0.828. The number of fused-ring (bicyclic) bond motifs is 4. The minimum absolute atomic E-state index is 0.207. The van der Waals surface area contributed by atoms with Crippen molar-refractivity contribution in [3.8, 4) is 23.0 Å². The molecule has 1 saturated heterocycles. The second-order valence-electron chi connectivity index (χ2n) is 6.71. The van der Waals surface area contributed by atoms with Gasteiger partial charge in [0, 0.05) is 6.54 Å². The highest BCUT2D eigenvalue weighted by atomic mass is 16.7. The first-order valence-corrected chi connectivity index (χ1v) is 8.81. The fraction of sp³-hybridized carbons (Fsp3) is 0.350. The van der Waals surface area contributed by atoms with Crippen molar-refractivity contribution in [3.05, 3.63) is 47.0 Å². The van der Waals surface area contributed by atoms with Gasteiger partial charge in [-0.3, -0.25) is 4.90 Å². The summed E-state index contributed by atoms with van der Waals surface area (Å²) in [5.41, 5.74) is 3.04. The molecule has 0 radical (unpaired) electrons. The number of hydrogen-bond acceptors (Lipinski definition) is 6. The van der Waals surface area contributed by atoms with Crippen molar-refractivity contribution in [1.82, 2.24) is 4.90 Å². The van der Waals surface area contributed by atoms with Gasteiger partial charge in [-0.05, 0) is 47.4 Å². The van der Waals surface area contributed by atoms with Crippen LogP contribution < -0.4 is 18.9 Å². The number of hydrogen-bond donors (Lipinski definition) is 0. The molecule has 7 nitrogen and oxygen atoms in total. The first-order chi connectivity index (χ1) is 13.2. The maximum atomic E-state index is 12.5. The summed E-state index contributed by atoms with van der Waals surface area (Å²) >= 11 is 0. The van der Waals surface area contributed by atoms with Crippen molar-refractivity contribution >= 4 is 6.09 Å². The van der Waals surface area contributed by atoms with Crippen LogP contribution in [0.5, 0.6) is 23.0 Å². The summed E-state index contributed by atoms with van der Waals surface area (Å²) < 4.78 is 27.5. The van der Waals surface area contributed by atoms with Crippen molar-refractivity contribution in [2.24, 2.45) is 0 Å². The van der Waals surface area contributed by atoms with E-state index in [0.717, 1.165) is 23.1 Å². The molecule has 0 bridgehead atoms. The summed E-state index contributed by atoms with van der Waals surface area (Å²) in [6, 6.07) is 9.38. The van der Waals surface area contributed by atoms with E-state index in [1.165, 1.54) is 0 Å². The summed E-state index contributed by atoms with van der Waals surface area (Å²) in [4.78, 5) is 14.3. The molecule has 0 spiro atoms. The van der Waals surface area contributed by atoms with E-state index in [1.54, 1.807) is 19.1 Å². The van der Waals surface area contributed by atoms with Crippen LogP contribution in [0.3, 0.4) is 0 Å². The van der Waals surface area contributed by atoms with E-state index in [1.807, 2.05) is 30.3 Å². The summed E-state index contributed by atoms with van der Waals surface area (Å²) in [7, 11) is 3.23. The number of cyclic esters (lactones) is 1. The van der Waals surface area contributed by atoms with Gasteiger partial charge in [0.25, 0.3) is 0 Å². The molecule has 3 aliphatic heterocycles. The maximum absolute atomic E-state index is 12.5. The second kappa shape index (κ2) is 5.97. The fourth-order valence-corrected chi connectivity index (χ4v) is 4.09. The van der Waals surface area contributed by atoms with Gasteiger partial charge in [-0.25, -0.2) is 4.79 Å². The summed E-state index contributed by atoms with van der Waals surface area (Å²) in [6.07, 6.45) is 0.0158. The first kappa shape index (κ1) is 16.1. The van der Waals surface area contributed by atoms with E-state index in [-0.39, 0.29) is 18.9 Å². The number of ether oxygens (including phenoxy) is 5. The molecule has 0 aliphatic carbocycles. The Morgan fingerprint density at radius 2 is 1.81 bits per heavy atom. The highest BCUT2D eigenvalue weighted by Gasteiger charge is 2.46. The molecule has 140 valence electrons. The highest BCUT2D eigenvalue weighted by molar-refractivity contribution is 5.73. The number of benzene rings is 2. The maximum Gasteiger partial charge on any atom is 0.411 e. The third kappa shape index (κ3) is 2.38. The average Bonchev–Trinajstić information content (AvgIpc) is 3.30. The normalized spacial score (nSPS) is 22.1. The number of carbonyl (C=O) groups is 1. The van der Waals surface area contributed by atoms with E-state index in [0.29, 0.717) is 29.5 Å². The van der Waals surface area contributed by atoms with Crippen LogP contribution >= 0.6 is 0 Å². The molecule has 5 rings (SSSR count). The number of methoxy groups -OCH3 is 2. The molecule has 0 unspecified atom stereocenters. The van der Waals surface area contributed by atoms with Crippen molar-refractivity contribution in [1.29, 1.82) is 0 Å². The fourth-order valence-electron chi connectivity index (χ4n) is 4.09. The van der Waals surface area contributed by atoms with E-state index in [9.17, 15) is 4.79 Å². The standard InChI is InChI=1S/C20H19NO6/c1-23-15-7-11-5-6-21-18(13(11)9-16(15)24-2)19(27-20(21)22)12-3-4-14-17(8-12)26-10-25-14/h3-4,7-9,18-19H,5-6,10H2,1-2H3/t18-,19+/m0/s1. The Bertz CT molecular complexity index is 927. The van der Waals surface area contributed by atoms with Crippen molar-refractivity contribution in [2.45, 2.75) is 18.6 Å². The minimum atomic E-state index is -0.427. The number of amides is 1. The predicted molar refractivity (Wildman–Crippen MR) is 94.5 cm³/mol. The van der Waals surface area contributed by atoms with Crippen LogP contribution in [0.25, 0.3) is 0 Å². The number of carbonyl (C=O) groups excluding carboxylic acids is 1. The van der Waals surface area contributed by atoms with Crippen LogP contribution in [-0.4, -0.2) is 38.6 Å². The van der Waals surface area contributed by atoms with Gasteiger partial charge in [-0.2, -0.15) is 0 Å². The van der Waals surface area contributed by atoms with E-state index >= 15 is 0 Å². The second-order valence-corrected chi connectivity index (χ2v) is 6.71. The SMILES string of the molecule is COc1cc2c(cc1OC)[C@H]1[C@@H](c3ccc4c(c3)OCO4)OC(=O)N1CC2. The molecule has 3 heterocycles. The molecule has 1 fully saturated rings. The molecular weight excluding hydrogens is 350 g/mol. The molecule has 3 aliphatic rings.